The fraction of sp³-hybridized carbons (Fsp3) is 0.360. The average Bonchev–Trinajstić information content (AvgIpc) is 3.21. The van der Waals surface area contributed by atoms with E-state index in [2.05, 4.69) is 41.0 Å². The number of carbonyl (C=O) groups excluding carboxylic acids is 1. The van der Waals surface area contributed by atoms with E-state index in [4.69, 9.17) is 5.10 Å². The number of benzene rings is 2. The Morgan fingerprint density at radius 2 is 1.78 bits per heavy atom. The zero-order chi connectivity index (χ0) is 22.5. The van der Waals surface area contributed by atoms with E-state index in [-0.39, 0.29) is 17.3 Å². The Morgan fingerprint density at radius 1 is 1.06 bits per heavy atom. The van der Waals surface area contributed by atoms with Gasteiger partial charge in [0.2, 0.25) is 10.0 Å². The van der Waals surface area contributed by atoms with Crippen molar-refractivity contribution in [3.05, 3.63) is 71.4 Å². The van der Waals surface area contributed by atoms with Crippen molar-refractivity contribution in [3.8, 4) is 11.3 Å². The highest BCUT2D eigenvalue weighted by Crippen LogP contribution is 2.55. The van der Waals surface area contributed by atoms with Gasteiger partial charge in [-0.25, -0.2) is 8.42 Å². The lowest BCUT2D eigenvalue weighted by molar-refractivity contribution is -0.128. The zero-order valence-corrected chi connectivity index (χ0v) is 19.1. The topological polar surface area (TPSA) is 91.9 Å². The molecule has 32 heavy (non-hydrogen) atoms. The van der Waals surface area contributed by atoms with Gasteiger partial charge in [0.1, 0.15) is 5.78 Å². The summed E-state index contributed by atoms with van der Waals surface area (Å²) in [5.74, 6) is 0.622. The van der Waals surface area contributed by atoms with Crippen LogP contribution in [0.25, 0.3) is 11.3 Å². The van der Waals surface area contributed by atoms with Crippen molar-refractivity contribution in [2.75, 3.05) is 11.0 Å². The van der Waals surface area contributed by atoms with Crippen molar-refractivity contribution < 1.29 is 13.2 Å². The number of rotatable bonds is 4. The summed E-state index contributed by atoms with van der Waals surface area (Å²) >= 11 is 0. The Balaban J connectivity index is 1.60. The SMILES string of the molecule is C[C@@H]1C(=O)CC[C@]2(c3ccccc3)c3[nH]nc(-c4ccc(NS(C)(=O)=O)cc4)c3CC[C@@H]12. The maximum Gasteiger partial charge on any atom is 0.229 e. The van der Waals surface area contributed by atoms with Gasteiger partial charge in [-0.15, -0.1) is 0 Å². The van der Waals surface area contributed by atoms with Gasteiger partial charge in [0, 0.05) is 40.3 Å². The molecule has 0 amide bonds. The van der Waals surface area contributed by atoms with Crippen LogP contribution in [0.3, 0.4) is 0 Å². The monoisotopic (exact) mass is 449 g/mol. The second-order valence-electron chi connectivity index (χ2n) is 9.11. The summed E-state index contributed by atoms with van der Waals surface area (Å²) in [6, 6.07) is 17.8. The summed E-state index contributed by atoms with van der Waals surface area (Å²) < 4.78 is 25.5. The highest BCUT2D eigenvalue weighted by molar-refractivity contribution is 7.92. The molecule has 1 fully saturated rings. The lowest BCUT2D eigenvalue weighted by atomic mass is 9.53. The number of aromatic nitrogens is 2. The minimum atomic E-state index is -3.32. The quantitative estimate of drug-likeness (QED) is 0.621. The molecule has 3 atom stereocenters. The van der Waals surface area contributed by atoms with Crippen molar-refractivity contribution in [3.63, 3.8) is 0 Å². The van der Waals surface area contributed by atoms with Gasteiger partial charge in [0.25, 0.3) is 0 Å². The third-order valence-electron chi connectivity index (χ3n) is 7.28. The van der Waals surface area contributed by atoms with Crippen LogP contribution in [-0.2, 0) is 26.7 Å². The molecule has 0 unspecified atom stereocenters. The predicted molar refractivity (Wildman–Crippen MR) is 125 cm³/mol. The first-order valence-corrected chi connectivity index (χ1v) is 12.9. The molecular weight excluding hydrogens is 422 g/mol. The number of nitrogens with one attached hydrogen (secondary N) is 2. The van der Waals surface area contributed by atoms with Crippen molar-refractivity contribution in [1.82, 2.24) is 10.2 Å². The number of Topliss-reactive ketones (excluding diaryl/α,β-unsaturated/α-hetero) is 1. The Hall–Kier alpha value is -2.93. The van der Waals surface area contributed by atoms with Crippen LogP contribution in [-0.4, -0.2) is 30.7 Å². The number of sulfonamides is 1. The minimum absolute atomic E-state index is 0.0187. The lowest BCUT2D eigenvalue weighted by Crippen LogP contribution is -2.49. The summed E-state index contributed by atoms with van der Waals surface area (Å²) in [5, 5.41) is 8.11. The van der Waals surface area contributed by atoms with Crippen LogP contribution in [0.15, 0.2) is 54.6 Å². The summed E-state index contributed by atoms with van der Waals surface area (Å²) in [6.45, 7) is 2.08. The van der Waals surface area contributed by atoms with E-state index in [0.717, 1.165) is 42.5 Å². The highest BCUT2D eigenvalue weighted by Gasteiger charge is 2.53. The van der Waals surface area contributed by atoms with Gasteiger partial charge in [-0.1, -0.05) is 49.4 Å². The number of H-pyrrole nitrogens is 1. The van der Waals surface area contributed by atoms with Crippen molar-refractivity contribution in [1.29, 1.82) is 0 Å². The Morgan fingerprint density at radius 3 is 2.47 bits per heavy atom. The Labute approximate surface area is 188 Å². The van der Waals surface area contributed by atoms with Crippen LogP contribution in [0.2, 0.25) is 0 Å². The molecule has 1 saturated carbocycles. The smallest absolute Gasteiger partial charge is 0.229 e. The third-order valence-corrected chi connectivity index (χ3v) is 7.89. The maximum absolute atomic E-state index is 12.6. The number of fused-ring (bicyclic) bond motifs is 3. The number of hydrogen-bond acceptors (Lipinski definition) is 4. The third kappa shape index (κ3) is 3.35. The van der Waals surface area contributed by atoms with E-state index in [1.54, 1.807) is 12.1 Å². The number of nitrogens with zero attached hydrogens (tertiary/aromatic N) is 1. The van der Waals surface area contributed by atoms with Gasteiger partial charge >= 0.3 is 0 Å². The molecule has 0 spiro atoms. The predicted octanol–water partition coefficient (Wildman–Crippen LogP) is 4.30. The lowest BCUT2D eigenvalue weighted by Gasteiger charge is -2.49. The fourth-order valence-electron chi connectivity index (χ4n) is 5.86. The van der Waals surface area contributed by atoms with Crippen LogP contribution in [0.1, 0.15) is 43.0 Å². The first-order chi connectivity index (χ1) is 15.3. The summed E-state index contributed by atoms with van der Waals surface area (Å²) in [7, 11) is -3.32. The molecule has 2 aliphatic carbocycles. The summed E-state index contributed by atoms with van der Waals surface area (Å²) in [4.78, 5) is 12.6. The molecule has 0 saturated heterocycles. The summed E-state index contributed by atoms with van der Waals surface area (Å²) in [6.07, 6.45) is 4.31. The normalized spacial score (nSPS) is 25.1. The molecule has 166 valence electrons. The van der Waals surface area contributed by atoms with E-state index >= 15 is 0 Å². The average molecular weight is 450 g/mol. The van der Waals surface area contributed by atoms with Gasteiger partial charge in [0.05, 0.1) is 11.9 Å². The number of aromatic amines is 1. The van der Waals surface area contributed by atoms with Crippen molar-refractivity contribution in [2.45, 2.75) is 38.0 Å². The van der Waals surface area contributed by atoms with Gasteiger partial charge in [-0.2, -0.15) is 5.10 Å². The standard InChI is InChI=1S/C25H27N3O3S/c1-16-21-13-12-20-23(17-8-10-19(11-9-17)28-32(2,30)31)26-27-24(20)25(21,15-14-22(16)29)18-6-4-3-5-7-18/h3-11,16,21,28H,12-15H2,1-2H3,(H,26,27)/t16-,21-,25+/m0/s1. The molecular formula is C25H27N3O3S. The number of anilines is 1. The molecule has 0 bridgehead atoms. The van der Waals surface area contributed by atoms with E-state index in [0.29, 0.717) is 17.9 Å². The molecule has 2 N–H and O–H groups in total. The fourth-order valence-corrected chi connectivity index (χ4v) is 6.42. The van der Waals surface area contributed by atoms with Gasteiger partial charge in [-0.3, -0.25) is 14.6 Å². The molecule has 2 aliphatic rings. The summed E-state index contributed by atoms with van der Waals surface area (Å²) in [5.41, 5.74) is 5.72. The molecule has 1 heterocycles. The highest BCUT2D eigenvalue weighted by atomic mass is 32.2. The first kappa shape index (κ1) is 20.9. The zero-order valence-electron chi connectivity index (χ0n) is 18.3. The minimum Gasteiger partial charge on any atom is -0.299 e. The van der Waals surface area contributed by atoms with E-state index in [1.807, 2.05) is 18.2 Å². The number of hydrogen-bond donors (Lipinski definition) is 2. The van der Waals surface area contributed by atoms with Gasteiger partial charge in [0.15, 0.2) is 0 Å². The molecule has 3 aromatic rings. The van der Waals surface area contributed by atoms with Crippen molar-refractivity contribution >= 4 is 21.5 Å². The van der Waals surface area contributed by atoms with Crippen molar-refractivity contribution in [2.24, 2.45) is 11.8 Å². The van der Waals surface area contributed by atoms with E-state index in [1.165, 1.54) is 11.1 Å². The molecule has 2 aromatic carbocycles. The molecule has 5 rings (SSSR count). The molecule has 0 radical (unpaired) electrons. The molecule has 6 nitrogen and oxygen atoms in total. The van der Waals surface area contributed by atoms with E-state index in [9.17, 15) is 13.2 Å². The second kappa shape index (κ2) is 7.59. The first-order valence-electron chi connectivity index (χ1n) is 11.0. The molecule has 0 aliphatic heterocycles. The number of carbonyl (C=O) groups is 1. The molecule has 1 aromatic heterocycles. The van der Waals surface area contributed by atoms with Crippen LogP contribution in [0.5, 0.6) is 0 Å². The maximum atomic E-state index is 12.6. The molecule has 7 heteroatoms. The van der Waals surface area contributed by atoms with Gasteiger partial charge in [-0.05, 0) is 42.9 Å². The van der Waals surface area contributed by atoms with Crippen LogP contribution in [0, 0.1) is 11.8 Å². The van der Waals surface area contributed by atoms with E-state index < -0.39 is 10.0 Å². The van der Waals surface area contributed by atoms with Crippen LogP contribution >= 0.6 is 0 Å². The second-order valence-corrected chi connectivity index (χ2v) is 10.9. The number of ketones is 1. The Bertz CT molecular complexity index is 1270. The Kier molecular flexibility index (Phi) is 4.97. The van der Waals surface area contributed by atoms with Crippen LogP contribution < -0.4 is 4.72 Å². The van der Waals surface area contributed by atoms with Gasteiger partial charge < -0.3 is 0 Å². The van der Waals surface area contributed by atoms with Crippen LogP contribution in [0.4, 0.5) is 5.69 Å². The largest absolute Gasteiger partial charge is 0.299 e.